The van der Waals surface area contributed by atoms with Crippen LogP contribution in [0.15, 0.2) is 88.8 Å². The maximum atomic E-state index is 14.6. The number of aromatic nitrogens is 2. The van der Waals surface area contributed by atoms with E-state index in [-0.39, 0.29) is 34.3 Å². The molecular weight excluding hydrogens is 592 g/mol. The van der Waals surface area contributed by atoms with Crippen molar-refractivity contribution in [1.82, 2.24) is 8.54 Å². The zero-order chi connectivity index (χ0) is 31.6. The van der Waals surface area contributed by atoms with E-state index in [2.05, 4.69) is 10.1 Å². The summed E-state index contributed by atoms with van der Waals surface area (Å²) < 4.78 is 68.3. The van der Waals surface area contributed by atoms with Gasteiger partial charge in [-0.25, -0.2) is 21.2 Å². The van der Waals surface area contributed by atoms with Crippen LogP contribution < -0.4 is 15.6 Å². The number of methoxy groups -OCH3 is 1. The smallest absolute Gasteiger partial charge is 0.305 e. The Balaban J connectivity index is 1.65. The van der Waals surface area contributed by atoms with Crippen molar-refractivity contribution < 1.29 is 31.5 Å². The Hall–Kier alpha value is -4.97. The molecule has 0 unspecified atom stereocenters. The van der Waals surface area contributed by atoms with Crippen molar-refractivity contribution in [1.29, 1.82) is 0 Å². The number of nitrogens with zero attached hydrogens (tertiary/aromatic N) is 2. The molecule has 5 rings (SSSR count). The zero-order valence-electron chi connectivity index (χ0n) is 24.1. The van der Waals surface area contributed by atoms with Gasteiger partial charge < -0.3 is 19.4 Å². The van der Waals surface area contributed by atoms with E-state index in [1.165, 1.54) is 49.3 Å². The lowest BCUT2D eigenvalue weighted by atomic mass is 10.0. The molecule has 5 aromatic rings. The monoisotopic (exact) mass is 621 g/mol. The highest BCUT2D eigenvalue weighted by atomic mass is 32.2. The maximum Gasteiger partial charge on any atom is 0.305 e. The summed E-state index contributed by atoms with van der Waals surface area (Å²) >= 11 is 0. The fourth-order valence-electron chi connectivity index (χ4n) is 4.75. The SMILES string of the molecule is COC(=O)CCCNc1ccc(Oc2ccc(F)cc2F)c(-c2cn(C)c(=O)c3c2ccn3S(=O)(=O)c2ccc(C)cc2)c1. The molecule has 2 aromatic heterocycles. The molecule has 0 aliphatic carbocycles. The van der Waals surface area contributed by atoms with Crippen LogP contribution in [0, 0.1) is 18.6 Å². The molecular formula is C32H29F2N3O6S. The van der Waals surface area contributed by atoms with Gasteiger partial charge in [0.05, 0.1) is 12.0 Å². The summed E-state index contributed by atoms with van der Waals surface area (Å²) in [6.07, 6.45) is 3.56. The standard InChI is InChI=1S/C32H29F2N3O6S/c1-20-6-10-23(11-7-20)44(40,41)37-16-14-24-26(19-36(2)32(39)31(24)37)25-18-22(35-15-4-5-30(38)42-3)9-13-28(25)43-29-12-8-21(33)17-27(29)34/h6-14,16-19,35H,4-5,15H2,1-3H3. The number of rotatable bonds is 10. The van der Waals surface area contributed by atoms with Crippen molar-refractivity contribution in [3.05, 3.63) is 107 Å². The van der Waals surface area contributed by atoms with Gasteiger partial charge in [0.1, 0.15) is 17.1 Å². The van der Waals surface area contributed by atoms with Gasteiger partial charge in [0.2, 0.25) is 0 Å². The van der Waals surface area contributed by atoms with Crippen LogP contribution in [0.25, 0.3) is 22.0 Å². The van der Waals surface area contributed by atoms with E-state index in [0.717, 1.165) is 21.7 Å². The van der Waals surface area contributed by atoms with Crippen LogP contribution >= 0.6 is 0 Å². The molecule has 12 heteroatoms. The average molecular weight is 622 g/mol. The van der Waals surface area contributed by atoms with E-state index in [1.807, 2.05) is 6.92 Å². The summed E-state index contributed by atoms with van der Waals surface area (Å²) in [6.45, 7) is 2.26. The first-order valence-corrected chi connectivity index (χ1v) is 15.0. The van der Waals surface area contributed by atoms with Gasteiger partial charge in [0.25, 0.3) is 15.6 Å². The number of esters is 1. The first-order valence-electron chi connectivity index (χ1n) is 13.6. The maximum absolute atomic E-state index is 14.6. The topological polar surface area (TPSA) is 109 Å². The molecule has 0 aliphatic heterocycles. The number of hydrogen-bond donors (Lipinski definition) is 1. The average Bonchev–Trinajstić information content (AvgIpc) is 3.46. The molecule has 0 atom stereocenters. The second-order valence-corrected chi connectivity index (χ2v) is 12.0. The summed E-state index contributed by atoms with van der Waals surface area (Å²) in [5, 5.41) is 3.53. The summed E-state index contributed by atoms with van der Waals surface area (Å²) in [5.74, 6) is -2.08. The highest BCUT2D eigenvalue weighted by molar-refractivity contribution is 7.90. The lowest BCUT2D eigenvalue weighted by Crippen LogP contribution is -2.22. The Bertz CT molecular complexity index is 2040. The zero-order valence-corrected chi connectivity index (χ0v) is 25.0. The minimum absolute atomic E-state index is 0.0158. The largest absolute Gasteiger partial charge is 0.469 e. The second-order valence-electron chi connectivity index (χ2n) is 10.1. The number of halogens is 2. The van der Waals surface area contributed by atoms with Gasteiger partial charge in [0.15, 0.2) is 11.6 Å². The Kier molecular flexibility index (Phi) is 8.54. The summed E-state index contributed by atoms with van der Waals surface area (Å²) in [7, 11) is -1.33. The summed E-state index contributed by atoms with van der Waals surface area (Å²) in [5.41, 5.74) is 1.69. The van der Waals surface area contributed by atoms with E-state index >= 15 is 0 Å². The van der Waals surface area contributed by atoms with Gasteiger partial charge in [-0.15, -0.1) is 0 Å². The number of ether oxygens (including phenoxy) is 2. The first kappa shape index (κ1) is 30.5. The molecule has 0 fully saturated rings. The van der Waals surface area contributed by atoms with Crippen LogP contribution in [0.1, 0.15) is 18.4 Å². The van der Waals surface area contributed by atoms with Crippen molar-refractivity contribution >= 4 is 32.6 Å². The third-order valence-electron chi connectivity index (χ3n) is 7.06. The van der Waals surface area contributed by atoms with Crippen LogP contribution in [0.5, 0.6) is 11.5 Å². The van der Waals surface area contributed by atoms with Crippen molar-refractivity contribution in [2.45, 2.75) is 24.7 Å². The minimum atomic E-state index is -4.14. The number of nitrogens with one attached hydrogen (secondary N) is 1. The summed E-state index contributed by atoms with van der Waals surface area (Å²) in [6, 6.07) is 15.7. The summed E-state index contributed by atoms with van der Waals surface area (Å²) in [4.78, 5) is 24.9. The number of fused-ring (bicyclic) bond motifs is 1. The van der Waals surface area contributed by atoms with Crippen LogP contribution in [0.4, 0.5) is 14.5 Å². The predicted molar refractivity (Wildman–Crippen MR) is 163 cm³/mol. The molecule has 1 N–H and O–H groups in total. The Labute approximate surface area is 252 Å². The van der Waals surface area contributed by atoms with Gasteiger partial charge in [-0.2, -0.15) is 0 Å². The lowest BCUT2D eigenvalue weighted by Gasteiger charge is -2.16. The molecule has 0 radical (unpaired) electrons. The fraction of sp³-hybridized carbons (Fsp3) is 0.188. The molecule has 0 aliphatic rings. The minimum Gasteiger partial charge on any atom is -0.469 e. The van der Waals surface area contributed by atoms with Gasteiger partial charge in [0, 0.05) is 60.7 Å². The number of carbonyl (C=O) groups is 1. The lowest BCUT2D eigenvalue weighted by molar-refractivity contribution is -0.140. The Morgan fingerprint density at radius 1 is 0.955 bits per heavy atom. The first-order chi connectivity index (χ1) is 21.0. The molecule has 2 heterocycles. The van der Waals surface area contributed by atoms with Gasteiger partial charge in [-0.1, -0.05) is 17.7 Å². The van der Waals surface area contributed by atoms with Crippen molar-refractivity contribution in [2.75, 3.05) is 19.0 Å². The quantitative estimate of drug-likeness (QED) is 0.151. The highest BCUT2D eigenvalue weighted by Crippen LogP contribution is 2.39. The van der Waals surface area contributed by atoms with Crippen molar-refractivity contribution in [3.63, 3.8) is 0 Å². The van der Waals surface area contributed by atoms with E-state index in [1.54, 1.807) is 30.3 Å². The molecule has 228 valence electrons. The van der Waals surface area contributed by atoms with Crippen LogP contribution in [-0.4, -0.2) is 36.6 Å². The van der Waals surface area contributed by atoms with E-state index in [0.29, 0.717) is 41.2 Å². The van der Waals surface area contributed by atoms with E-state index < -0.39 is 27.2 Å². The number of pyridine rings is 1. The van der Waals surface area contributed by atoms with Crippen LogP contribution in [0.2, 0.25) is 0 Å². The molecule has 3 aromatic carbocycles. The Morgan fingerprint density at radius 3 is 2.39 bits per heavy atom. The van der Waals surface area contributed by atoms with E-state index in [9.17, 15) is 26.8 Å². The third-order valence-corrected chi connectivity index (χ3v) is 8.75. The van der Waals surface area contributed by atoms with E-state index in [4.69, 9.17) is 4.74 Å². The molecule has 0 bridgehead atoms. The molecule has 0 saturated heterocycles. The van der Waals surface area contributed by atoms with Crippen LogP contribution in [-0.2, 0) is 26.6 Å². The highest BCUT2D eigenvalue weighted by Gasteiger charge is 2.24. The van der Waals surface area contributed by atoms with Crippen LogP contribution in [0.3, 0.4) is 0 Å². The number of benzene rings is 3. The Morgan fingerprint density at radius 2 is 1.68 bits per heavy atom. The molecule has 44 heavy (non-hydrogen) atoms. The number of anilines is 1. The molecule has 0 amide bonds. The van der Waals surface area contributed by atoms with Crippen molar-refractivity contribution in [3.8, 4) is 22.6 Å². The van der Waals surface area contributed by atoms with Gasteiger partial charge in [-0.3, -0.25) is 9.59 Å². The van der Waals surface area contributed by atoms with Gasteiger partial charge in [-0.05, 0) is 61.9 Å². The number of carbonyl (C=O) groups excluding carboxylic acids is 1. The van der Waals surface area contributed by atoms with Gasteiger partial charge >= 0.3 is 5.97 Å². The predicted octanol–water partition coefficient (Wildman–Crippen LogP) is 5.99. The molecule has 9 nitrogen and oxygen atoms in total. The third kappa shape index (κ3) is 6.06. The second kappa shape index (κ2) is 12.3. The fourth-order valence-corrected chi connectivity index (χ4v) is 6.10. The number of hydrogen-bond acceptors (Lipinski definition) is 7. The molecule has 0 saturated carbocycles. The van der Waals surface area contributed by atoms with Crippen molar-refractivity contribution in [2.24, 2.45) is 7.05 Å². The number of aryl methyl sites for hydroxylation is 2. The normalized spacial score (nSPS) is 11.5. The molecule has 0 spiro atoms.